The van der Waals surface area contributed by atoms with E-state index in [0.29, 0.717) is 59.2 Å². The van der Waals surface area contributed by atoms with Crippen LogP contribution in [0.4, 0.5) is 5.69 Å². The van der Waals surface area contributed by atoms with Crippen LogP contribution in [0.5, 0.6) is 0 Å². The van der Waals surface area contributed by atoms with E-state index >= 15 is 0 Å². The number of halogens is 1. The first-order valence-corrected chi connectivity index (χ1v) is 11.2. The third-order valence-electron chi connectivity index (χ3n) is 6.13. The Balaban J connectivity index is 1.51. The van der Waals surface area contributed by atoms with E-state index in [1.807, 2.05) is 11.0 Å². The van der Waals surface area contributed by atoms with E-state index < -0.39 is 11.2 Å². The molecule has 1 aliphatic heterocycles. The number of carbonyl (C=O) groups excluding carboxylic acids is 1. The van der Waals surface area contributed by atoms with Gasteiger partial charge >= 0.3 is 5.69 Å². The summed E-state index contributed by atoms with van der Waals surface area (Å²) >= 11 is 6.28. The number of carbonyl (C=O) groups is 1. The molecule has 1 amide bonds. The van der Waals surface area contributed by atoms with Gasteiger partial charge in [0.2, 0.25) is 0 Å². The molecule has 3 aromatic heterocycles. The fourth-order valence-electron chi connectivity index (χ4n) is 4.30. The Labute approximate surface area is 199 Å². The molecular weight excluding hydrogens is 458 g/mol. The van der Waals surface area contributed by atoms with Crippen LogP contribution in [0.15, 0.2) is 68.9 Å². The van der Waals surface area contributed by atoms with Crippen LogP contribution in [-0.4, -0.2) is 51.1 Å². The van der Waals surface area contributed by atoms with Crippen molar-refractivity contribution in [3.8, 4) is 0 Å². The SMILES string of the molecule is Cn1c(=O)n(Cc2ccccc2Cl)c(=O)c2c(N3CCN(C(=O)c4ccco4)CC3)ccnc21. The molecule has 4 aromatic rings. The molecule has 1 aromatic carbocycles. The van der Waals surface area contributed by atoms with E-state index in [0.717, 1.165) is 0 Å². The van der Waals surface area contributed by atoms with Crippen molar-refractivity contribution in [3.63, 3.8) is 0 Å². The molecule has 34 heavy (non-hydrogen) atoms. The number of hydrogen-bond donors (Lipinski definition) is 0. The van der Waals surface area contributed by atoms with Crippen molar-refractivity contribution in [1.82, 2.24) is 19.0 Å². The summed E-state index contributed by atoms with van der Waals surface area (Å²) < 4.78 is 7.80. The molecule has 1 aliphatic rings. The minimum Gasteiger partial charge on any atom is -0.459 e. The lowest BCUT2D eigenvalue weighted by Gasteiger charge is -2.36. The molecule has 5 rings (SSSR count). The maximum atomic E-state index is 13.6. The number of benzene rings is 1. The van der Waals surface area contributed by atoms with Gasteiger partial charge < -0.3 is 14.2 Å². The van der Waals surface area contributed by atoms with Crippen molar-refractivity contribution in [3.05, 3.63) is 92.1 Å². The molecule has 0 atom stereocenters. The average molecular weight is 480 g/mol. The lowest BCUT2D eigenvalue weighted by Crippen LogP contribution is -2.49. The number of anilines is 1. The summed E-state index contributed by atoms with van der Waals surface area (Å²) in [4.78, 5) is 47.3. The zero-order valence-electron chi connectivity index (χ0n) is 18.5. The highest BCUT2D eigenvalue weighted by Gasteiger charge is 2.26. The number of piperazine rings is 1. The Morgan fingerprint density at radius 1 is 1.06 bits per heavy atom. The zero-order chi connectivity index (χ0) is 23.8. The highest BCUT2D eigenvalue weighted by Crippen LogP contribution is 2.24. The van der Waals surface area contributed by atoms with Gasteiger partial charge in [0, 0.05) is 44.4 Å². The summed E-state index contributed by atoms with van der Waals surface area (Å²) in [6.45, 7) is 2.06. The lowest BCUT2D eigenvalue weighted by atomic mass is 10.2. The fourth-order valence-corrected chi connectivity index (χ4v) is 4.50. The van der Waals surface area contributed by atoms with Gasteiger partial charge in [-0.2, -0.15) is 0 Å². The third kappa shape index (κ3) is 3.77. The monoisotopic (exact) mass is 479 g/mol. The maximum absolute atomic E-state index is 13.6. The van der Waals surface area contributed by atoms with Crippen LogP contribution >= 0.6 is 11.6 Å². The predicted molar refractivity (Wildman–Crippen MR) is 129 cm³/mol. The van der Waals surface area contributed by atoms with E-state index in [1.54, 1.807) is 54.5 Å². The van der Waals surface area contributed by atoms with Crippen LogP contribution in [0.25, 0.3) is 11.0 Å². The third-order valence-corrected chi connectivity index (χ3v) is 6.50. The second-order valence-electron chi connectivity index (χ2n) is 8.11. The minimum absolute atomic E-state index is 0.0564. The molecule has 1 fully saturated rings. The minimum atomic E-state index is -0.462. The van der Waals surface area contributed by atoms with Gasteiger partial charge in [-0.05, 0) is 29.8 Å². The Kier molecular flexibility index (Phi) is 5.70. The number of hydrogen-bond acceptors (Lipinski definition) is 6. The molecule has 9 nitrogen and oxygen atoms in total. The number of amides is 1. The van der Waals surface area contributed by atoms with Crippen molar-refractivity contribution in [2.24, 2.45) is 7.05 Å². The van der Waals surface area contributed by atoms with Crippen LogP contribution in [-0.2, 0) is 13.6 Å². The van der Waals surface area contributed by atoms with Crippen molar-refractivity contribution in [2.75, 3.05) is 31.1 Å². The molecule has 10 heteroatoms. The van der Waals surface area contributed by atoms with Crippen LogP contribution in [0, 0.1) is 0 Å². The maximum Gasteiger partial charge on any atom is 0.332 e. The summed E-state index contributed by atoms with van der Waals surface area (Å²) in [6.07, 6.45) is 3.07. The highest BCUT2D eigenvalue weighted by molar-refractivity contribution is 6.31. The molecule has 0 aliphatic carbocycles. The number of furan rings is 1. The van der Waals surface area contributed by atoms with E-state index in [4.69, 9.17) is 16.0 Å². The quantitative estimate of drug-likeness (QED) is 0.446. The molecule has 0 unspecified atom stereocenters. The van der Waals surface area contributed by atoms with Gasteiger partial charge in [-0.3, -0.25) is 18.7 Å². The van der Waals surface area contributed by atoms with Gasteiger partial charge in [-0.25, -0.2) is 9.78 Å². The van der Waals surface area contributed by atoms with Crippen LogP contribution in [0.1, 0.15) is 16.1 Å². The number of pyridine rings is 1. The van der Waals surface area contributed by atoms with Crippen molar-refractivity contribution in [2.45, 2.75) is 6.54 Å². The Bertz CT molecular complexity index is 1480. The molecule has 0 saturated carbocycles. The van der Waals surface area contributed by atoms with Crippen molar-refractivity contribution in [1.29, 1.82) is 0 Å². The topological polar surface area (TPSA) is 93.6 Å². The summed E-state index contributed by atoms with van der Waals surface area (Å²) in [5.41, 5.74) is 0.796. The van der Waals surface area contributed by atoms with Gasteiger partial charge in [0.05, 0.1) is 18.5 Å². The average Bonchev–Trinajstić information content (AvgIpc) is 3.41. The largest absolute Gasteiger partial charge is 0.459 e. The van der Waals surface area contributed by atoms with E-state index in [2.05, 4.69) is 4.98 Å². The molecule has 0 spiro atoms. The Morgan fingerprint density at radius 2 is 1.82 bits per heavy atom. The summed E-state index contributed by atoms with van der Waals surface area (Å²) in [7, 11) is 1.60. The molecule has 0 N–H and O–H groups in total. The zero-order valence-corrected chi connectivity index (χ0v) is 19.2. The number of aromatic nitrogens is 3. The first kappa shape index (κ1) is 22.0. The van der Waals surface area contributed by atoms with Crippen LogP contribution in [0.3, 0.4) is 0 Å². The van der Waals surface area contributed by atoms with E-state index in [-0.39, 0.29) is 12.5 Å². The second-order valence-corrected chi connectivity index (χ2v) is 8.52. The first-order chi connectivity index (χ1) is 16.5. The Morgan fingerprint density at radius 3 is 2.53 bits per heavy atom. The summed E-state index contributed by atoms with van der Waals surface area (Å²) in [5.74, 6) is 0.147. The normalized spacial score (nSPS) is 14.1. The molecule has 174 valence electrons. The van der Waals surface area contributed by atoms with E-state index in [9.17, 15) is 14.4 Å². The van der Waals surface area contributed by atoms with Crippen molar-refractivity contribution >= 4 is 34.2 Å². The van der Waals surface area contributed by atoms with Gasteiger partial charge in [-0.15, -0.1) is 0 Å². The van der Waals surface area contributed by atoms with Gasteiger partial charge in [0.1, 0.15) is 5.39 Å². The van der Waals surface area contributed by atoms with Crippen LogP contribution in [0.2, 0.25) is 5.02 Å². The molecule has 0 radical (unpaired) electrons. The molecular formula is C24H22ClN5O4. The lowest BCUT2D eigenvalue weighted by molar-refractivity contribution is 0.0715. The van der Waals surface area contributed by atoms with E-state index in [1.165, 1.54) is 15.4 Å². The smallest absolute Gasteiger partial charge is 0.332 e. The van der Waals surface area contributed by atoms with Gasteiger partial charge in [0.15, 0.2) is 11.4 Å². The van der Waals surface area contributed by atoms with Crippen LogP contribution < -0.4 is 16.1 Å². The fraction of sp³-hybridized carbons (Fsp3) is 0.250. The molecule has 1 saturated heterocycles. The molecule has 4 heterocycles. The molecule has 0 bridgehead atoms. The number of fused-ring (bicyclic) bond motifs is 1. The Hall–Kier alpha value is -3.85. The summed E-state index contributed by atoms with van der Waals surface area (Å²) in [5, 5.41) is 0.850. The standard InChI is InChI=1S/C24H22ClN5O4/c1-27-21-20(23(32)30(24(27)33)15-16-5-2-3-6-17(16)25)18(8-9-26-21)28-10-12-29(13-11-28)22(31)19-7-4-14-34-19/h2-9,14H,10-13,15H2,1H3. The first-order valence-electron chi connectivity index (χ1n) is 10.9. The highest BCUT2D eigenvalue weighted by atomic mass is 35.5. The number of aryl methyl sites for hydroxylation is 1. The van der Waals surface area contributed by atoms with Crippen molar-refractivity contribution < 1.29 is 9.21 Å². The number of rotatable bonds is 4. The number of nitrogens with zero attached hydrogens (tertiary/aromatic N) is 5. The second kappa shape index (κ2) is 8.83. The predicted octanol–water partition coefficient (Wildman–Crippen LogP) is 2.35. The van der Waals surface area contributed by atoms with Gasteiger partial charge in [0.25, 0.3) is 11.5 Å². The van der Waals surface area contributed by atoms with Gasteiger partial charge in [-0.1, -0.05) is 29.8 Å². The summed E-state index contributed by atoms with van der Waals surface area (Å²) in [6, 6.07) is 12.2.